The van der Waals surface area contributed by atoms with E-state index in [0.717, 1.165) is 16.3 Å². The van der Waals surface area contributed by atoms with Crippen molar-refractivity contribution < 1.29 is 27.8 Å². The van der Waals surface area contributed by atoms with Gasteiger partial charge in [0, 0.05) is 23.8 Å². The van der Waals surface area contributed by atoms with Crippen LogP contribution in [0, 0.1) is 0 Å². The highest BCUT2D eigenvalue weighted by atomic mass is 19.4. The number of methoxy groups -OCH3 is 2. The van der Waals surface area contributed by atoms with Gasteiger partial charge in [0.15, 0.2) is 0 Å². The molecule has 9 heteroatoms. The largest absolute Gasteiger partial charge is 0.497 e. The molecule has 1 aromatic heterocycles. The third-order valence-corrected chi connectivity index (χ3v) is 6.00. The number of hydrogen-bond acceptors (Lipinski definition) is 5. The second kappa shape index (κ2) is 9.50. The van der Waals surface area contributed by atoms with Gasteiger partial charge in [-0.2, -0.15) is 23.0 Å². The van der Waals surface area contributed by atoms with E-state index < -0.39 is 17.3 Å². The third-order valence-electron chi connectivity index (χ3n) is 6.00. The Morgan fingerprint density at radius 3 is 2.32 bits per heavy atom. The first-order chi connectivity index (χ1) is 16.3. The Kier molecular flexibility index (Phi) is 6.65. The molecule has 0 saturated heterocycles. The standard InChI is InChI=1S/C25H25F3N2O4/c1-33-17-12-16(13-18(14-17)34-2)23-19-6-3-7-20(19)24(32)30(29-23)22-11-15(5-4-10-31)8-9-21(22)25(26,27)28/h8-9,11-14,31H,3-7,10H2,1-2H3. The number of hydrogen-bond donors (Lipinski definition) is 1. The van der Waals surface area contributed by atoms with Crippen LogP contribution in [0.15, 0.2) is 41.2 Å². The van der Waals surface area contributed by atoms with Crippen LogP contribution in [0.2, 0.25) is 0 Å². The van der Waals surface area contributed by atoms with Crippen molar-refractivity contribution in [2.45, 2.75) is 38.3 Å². The molecular formula is C25H25F3N2O4. The first-order valence-electron chi connectivity index (χ1n) is 11.0. The van der Waals surface area contributed by atoms with Crippen LogP contribution in [0.25, 0.3) is 16.9 Å². The van der Waals surface area contributed by atoms with Crippen molar-refractivity contribution >= 4 is 0 Å². The Balaban J connectivity index is 1.99. The van der Waals surface area contributed by atoms with Crippen molar-refractivity contribution in [2.75, 3.05) is 20.8 Å². The van der Waals surface area contributed by atoms with E-state index in [4.69, 9.17) is 14.6 Å². The van der Waals surface area contributed by atoms with Gasteiger partial charge in [-0.1, -0.05) is 6.07 Å². The lowest BCUT2D eigenvalue weighted by Crippen LogP contribution is -2.28. The van der Waals surface area contributed by atoms with E-state index in [-0.39, 0.29) is 12.3 Å². The minimum Gasteiger partial charge on any atom is -0.497 e. The van der Waals surface area contributed by atoms with Crippen LogP contribution in [0.5, 0.6) is 11.5 Å². The predicted molar refractivity (Wildman–Crippen MR) is 121 cm³/mol. The number of fused-ring (bicyclic) bond motifs is 1. The highest BCUT2D eigenvalue weighted by Crippen LogP contribution is 2.37. The summed E-state index contributed by atoms with van der Waals surface area (Å²) in [7, 11) is 3.01. The van der Waals surface area contributed by atoms with Gasteiger partial charge in [0.2, 0.25) is 0 Å². The fraction of sp³-hybridized carbons (Fsp3) is 0.360. The van der Waals surface area contributed by atoms with E-state index in [1.165, 1.54) is 26.4 Å². The highest BCUT2D eigenvalue weighted by Gasteiger charge is 2.35. The second-order valence-corrected chi connectivity index (χ2v) is 8.15. The zero-order valence-corrected chi connectivity index (χ0v) is 18.9. The summed E-state index contributed by atoms with van der Waals surface area (Å²) in [6.07, 6.45) is -2.11. The molecule has 6 nitrogen and oxygen atoms in total. The molecule has 0 fully saturated rings. The van der Waals surface area contributed by atoms with Gasteiger partial charge in [-0.25, -0.2) is 0 Å². The molecule has 1 aliphatic carbocycles. The monoisotopic (exact) mass is 474 g/mol. The van der Waals surface area contributed by atoms with Gasteiger partial charge in [-0.05, 0) is 67.5 Å². The normalized spacial score (nSPS) is 13.1. The van der Waals surface area contributed by atoms with E-state index in [1.54, 1.807) is 18.2 Å². The molecule has 1 N–H and O–H groups in total. The molecule has 0 spiro atoms. The summed E-state index contributed by atoms with van der Waals surface area (Å²) in [5, 5.41) is 13.6. The quantitative estimate of drug-likeness (QED) is 0.551. The molecular weight excluding hydrogens is 449 g/mol. The smallest absolute Gasteiger partial charge is 0.418 e. The summed E-state index contributed by atoms with van der Waals surface area (Å²) in [5.41, 5.74) is 1.00. The Morgan fingerprint density at radius 1 is 1.03 bits per heavy atom. The Bertz CT molecular complexity index is 1250. The molecule has 34 heavy (non-hydrogen) atoms. The van der Waals surface area contributed by atoms with Crippen molar-refractivity contribution in [3.05, 3.63) is 69.0 Å². The zero-order valence-electron chi connectivity index (χ0n) is 18.9. The van der Waals surface area contributed by atoms with Gasteiger partial charge in [-0.15, -0.1) is 0 Å². The van der Waals surface area contributed by atoms with Crippen LogP contribution in [0.1, 0.15) is 35.1 Å². The summed E-state index contributed by atoms with van der Waals surface area (Å²) < 4.78 is 53.4. The van der Waals surface area contributed by atoms with Crippen LogP contribution >= 0.6 is 0 Å². The lowest BCUT2D eigenvalue weighted by Gasteiger charge is -2.18. The maximum absolute atomic E-state index is 13.9. The van der Waals surface area contributed by atoms with Gasteiger partial charge >= 0.3 is 6.18 Å². The molecule has 3 aromatic rings. The molecule has 0 amide bonds. The average Bonchev–Trinajstić information content (AvgIpc) is 3.32. The SMILES string of the molecule is COc1cc(OC)cc(-c2nn(-c3cc(CCCO)ccc3C(F)(F)F)c(=O)c3c2CCC3)c1. The minimum atomic E-state index is -4.68. The van der Waals surface area contributed by atoms with Crippen LogP contribution in [-0.4, -0.2) is 35.7 Å². The average molecular weight is 474 g/mol. The number of halogens is 3. The number of aliphatic hydroxyl groups is 1. The number of nitrogens with zero attached hydrogens (tertiary/aromatic N) is 2. The Hall–Kier alpha value is -3.33. The number of ether oxygens (including phenoxy) is 2. The number of aliphatic hydroxyl groups excluding tert-OH is 1. The lowest BCUT2D eigenvalue weighted by molar-refractivity contribution is -0.137. The predicted octanol–water partition coefficient (Wildman–Crippen LogP) is 4.35. The zero-order chi connectivity index (χ0) is 24.5. The van der Waals surface area contributed by atoms with Crippen molar-refractivity contribution in [3.8, 4) is 28.4 Å². The summed E-state index contributed by atoms with van der Waals surface area (Å²) in [6, 6.07) is 8.81. The molecule has 0 unspecified atom stereocenters. The fourth-order valence-corrected chi connectivity index (χ4v) is 4.34. The highest BCUT2D eigenvalue weighted by molar-refractivity contribution is 5.69. The van der Waals surface area contributed by atoms with E-state index >= 15 is 0 Å². The number of rotatable bonds is 7. The van der Waals surface area contributed by atoms with Gasteiger partial charge in [0.1, 0.15) is 11.5 Å². The van der Waals surface area contributed by atoms with Crippen LogP contribution in [0.3, 0.4) is 0 Å². The summed E-state index contributed by atoms with van der Waals surface area (Å²) in [4.78, 5) is 13.3. The van der Waals surface area contributed by atoms with Gasteiger partial charge in [0.05, 0.1) is 31.2 Å². The molecule has 1 aliphatic rings. The van der Waals surface area contributed by atoms with Crippen molar-refractivity contribution in [3.63, 3.8) is 0 Å². The summed E-state index contributed by atoms with van der Waals surface area (Å²) >= 11 is 0. The van der Waals surface area contributed by atoms with E-state index in [2.05, 4.69) is 5.10 Å². The number of aromatic nitrogens is 2. The molecule has 4 rings (SSSR count). The van der Waals surface area contributed by atoms with Gasteiger partial charge in [-0.3, -0.25) is 4.79 Å². The molecule has 2 aromatic carbocycles. The fourth-order valence-electron chi connectivity index (χ4n) is 4.34. The molecule has 180 valence electrons. The maximum Gasteiger partial charge on any atom is 0.418 e. The first-order valence-corrected chi connectivity index (χ1v) is 11.0. The topological polar surface area (TPSA) is 73.6 Å². The summed E-state index contributed by atoms with van der Waals surface area (Å²) in [5.74, 6) is 1.00. The van der Waals surface area contributed by atoms with E-state index in [0.29, 0.717) is 66.0 Å². The van der Waals surface area contributed by atoms with Gasteiger partial charge < -0.3 is 14.6 Å². The van der Waals surface area contributed by atoms with E-state index in [9.17, 15) is 18.0 Å². The van der Waals surface area contributed by atoms with Crippen molar-refractivity contribution in [1.82, 2.24) is 9.78 Å². The molecule has 0 saturated carbocycles. The molecule has 0 bridgehead atoms. The number of alkyl halides is 3. The Labute approximate surface area is 194 Å². The lowest BCUT2D eigenvalue weighted by atomic mass is 10.0. The van der Waals surface area contributed by atoms with Gasteiger partial charge in [0.25, 0.3) is 5.56 Å². The Morgan fingerprint density at radius 2 is 1.71 bits per heavy atom. The molecule has 0 aliphatic heterocycles. The van der Waals surface area contributed by atoms with E-state index in [1.807, 2.05) is 0 Å². The molecule has 0 atom stereocenters. The van der Waals surface area contributed by atoms with Crippen molar-refractivity contribution in [1.29, 1.82) is 0 Å². The van der Waals surface area contributed by atoms with Crippen LogP contribution in [0.4, 0.5) is 13.2 Å². The molecule has 1 heterocycles. The number of benzene rings is 2. The summed E-state index contributed by atoms with van der Waals surface area (Å²) in [6.45, 7) is -0.0881. The first kappa shape index (κ1) is 23.8. The minimum absolute atomic E-state index is 0.0881. The third kappa shape index (κ3) is 4.52. The maximum atomic E-state index is 13.9. The van der Waals surface area contributed by atoms with Crippen molar-refractivity contribution in [2.24, 2.45) is 0 Å². The number of aryl methyl sites for hydroxylation is 1. The second-order valence-electron chi connectivity index (χ2n) is 8.15. The molecule has 0 radical (unpaired) electrons. The van der Waals surface area contributed by atoms with Crippen LogP contribution < -0.4 is 15.0 Å². The van der Waals surface area contributed by atoms with Crippen LogP contribution in [-0.2, 0) is 25.4 Å².